The summed E-state index contributed by atoms with van der Waals surface area (Å²) in [6, 6.07) is 7.12. The molecule has 0 amide bonds. The molecule has 1 aromatic carbocycles. The zero-order valence-electron chi connectivity index (χ0n) is 12.1. The van der Waals surface area contributed by atoms with Crippen LogP contribution in [-0.4, -0.2) is 49.1 Å². The fourth-order valence-electron chi connectivity index (χ4n) is 2.65. The van der Waals surface area contributed by atoms with Gasteiger partial charge in [-0.2, -0.15) is 0 Å². The van der Waals surface area contributed by atoms with Crippen molar-refractivity contribution in [2.75, 3.05) is 6.54 Å². The van der Waals surface area contributed by atoms with Crippen LogP contribution in [0.2, 0.25) is 0 Å². The van der Waals surface area contributed by atoms with Gasteiger partial charge in [0.1, 0.15) is 6.04 Å². The van der Waals surface area contributed by atoms with Gasteiger partial charge in [-0.3, -0.25) is 9.69 Å². The van der Waals surface area contributed by atoms with Crippen LogP contribution in [0.15, 0.2) is 35.2 Å². The van der Waals surface area contributed by atoms with Crippen LogP contribution in [0.25, 0.3) is 0 Å². The average molecular weight is 312 g/mol. The van der Waals surface area contributed by atoms with E-state index in [0.717, 1.165) is 0 Å². The van der Waals surface area contributed by atoms with Crippen LogP contribution in [0, 0.1) is 0 Å². The maximum absolute atomic E-state index is 12.3. The van der Waals surface area contributed by atoms with E-state index in [1.54, 1.807) is 23.1 Å². The van der Waals surface area contributed by atoms with Gasteiger partial charge in [-0.1, -0.05) is 18.2 Å². The summed E-state index contributed by atoms with van der Waals surface area (Å²) >= 11 is 0. The number of rotatable bonds is 5. The largest absolute Gasteiger partial charge is 0.480 e. The number of nitrogens with zero attached hydrogens (tertiary/aromatic N) is 1. The summed E-state index contributed by atoms with van der Waals surface area (Å²) in [4.78, 5) is 13.3. The molecule has 0 spiro atoms. The summed E-state index contributed by atoms with van der Waals surface area (Å²) in [5.41, 5.74) is 0. The van der Waals surface area contributed by atoms with Crippen molar-refractivity contribution < 1.29 is 18.3 Å². The van der Waals surface area contributed by atoms with Gasteiger partial charge in [0.05, 0.1) is 4.90 Å². The smallest absolute Gasteiger partial charge is 0.320 e. The maximum Gasteiger partial charge on any atom is 0.320 e. The van der Waals surface area contributed by atoms with Gasteiger partial charge in [-0.25, -0.2) is 13.1 Å². The third-order valence-corrected chi connectivity index (χ3v) is 5.20. The zero-order valence-corrected chi connectivity index (χ0v) is 12.9. The van der Waals surface area contributed by atoms with Crippen molar-refractivity contribution in [2.24, 2.45) is 0 Å². The Morgan fingerprint density at radius 1 is 1.33 bits per heavy atom. The fourth-order valence-corrected chi connectivity index (χ4v) is 3.91. The Labute approximate surface area is 124 Å². The number of aliphatic carboxylic acids is 1. The number of likely N-dealkylation sites (tertiary alicyclic amines) is 1. The molecule has 1 aliphatic rings. The topological polar surface area (TPSA) is 86.7 Å². The highest BCUT2D eigenvalue weighted by molar-refractivity contribution is 7.89. The van der Waals surface area contributed by atoms with Crippen LogP contribution in [0.1, 0.15) is 20.3 Å². The number of hydrogen-bond donors (Lipinski definition) is 2. The monoisotopic (exact) mass is 312 g/mol. The Morgan fingerprint density at radius 2 is 1.95 bits per heavy atom. The third kappa shape index (κ3) is 3.61. The van der Waals surface area contributed by atoms with E-state index in [0.29, 0.717) is 6.54 Å². The molecular weight excluding hydrogens is 292 g/mol. The summed E-state index contributed by atoms with van der Waals surface area (Å²) in [7, 11) is -3.61. The highest BCUT2D eigenvalue weighted by Gasteiger charge is 2.39. The lowest BCUT2D eigenvalue weighted by Gasteiger charge is -2.25. The number of carboxylic acid groups (broad SMARTS) is 1. The first-order valence-corrected chi connectivity index (χ1v) is 8.35. The van der Waals surface area contributed by atoms with Gasteiger partial charge in [-0.15, -0.1) is 0 Å². The quantitative estimate of drug-likeness (QED) is 0.843. The van der Waals surface area contributed by atoms with E-state index < -0.39 is 28.1 Å². The first kappa shape index (κ1) is 15.9. The molecule has 1 aliphatic heterocycles. The number of benzene rings is 1. The standard InChI is InChI=1S/C14H20N2O4S/c1-10(2)16-9-11(8-13(16)14(17)18)15-21(19,20)12-6-4-3-5-7-12/h3-7,10-11,13,15H,8-9H2,1-2H3,(H,17,18)/t11-,13+/m1/s1. The molecule has 116 valence electrons. The van der Waals surface area contributed by atoms with Gasteiger partial charge < -0.3 is 5.11 Å². The van der Waals surface area contributed by atoms with Crippen molar-refractivity contribution in [2.45, 2.75) is 43.3 Å². The van der Waals surface area contributed by atoms with E-state index in [1.807, 2.05) is 13.8 Å². The minimum atomic E-state index is -3.61. The van der Waals surface area contributed by atoms with E-state index in [9.17, 15) is 18.3 Å². The number of nitrogens with one attached hydrogen (secondary N) is 1. The van der Waals surface area contributed by atoms with Crippen molar-refractivity contribution in [3.8, 4) is 0 Å². The second-order valence-corrected chi connectivity index (χ2v) is 7.23. The molecule has 1 saturated heterocycles. The lowest BCUT2D eigenvalue weighted by molar-refractivity contribution is -0.142. The van der Waals surface area contributed by atoms with E-state index >= 15 is 0 Å². The summed E-state index contributed by atoms with van der Waals surface area (Å²) < 4.78 is 27.1. The Morgan fingerprint density at radius 3 is 2.43 bits per heavy atom. The molecule has 1 fully saturated rings. The van der Waals surface area contributed by atoms with Gasteiger partial charge in [0.2, 0.25) is 10.0 Å². The Kier molecular flexibility index (Phi) is 4.65. The summed E-state index contributed by atoms with van der Waals surface area (Å²) in [6.07, 6.45) is 0.277. The molecule has 0 radical (unpaired) electrons. The molecular formula is C14H20N2O4S. The lowest BCUT2D eigenvalue weighted by Crippen LogP contribution is -2.41. The number of hydrogen-bond acceptors (Lipinski definition) is 4. The molecule has 0 aliphatic carbocycles. The minimum Gasteiger partial charge on any atom is -0.480 e. The molecule has 1 heterocycles. The van der Waals surface area contributed by atoms with Crippen LogP contribution in [0.3, 0.4) is 0 Å². The fraction of sp³-hybridized carbons (Fsp3) is 0.500. The number of carbonyl (C=O) groups is 1. The highest BCUT2D eigenvalue weighted by atomic mass is 32.2. The van der Waals surface area contributed by atoms with E-state index in [-0.39, 0.29) is 17.4 Å². The Balaban J connectivity index is 2.13. The van der Waals surface area contributed by atoms with Crippen LogP contribution < -0.4 is 4.72 Å². The Bertz CT molecular complexity index is 601. The molecule has 2 N–H and O–H groups in total. The first-order chi connectivity index (χ1) is 9.81. The van der Waals surface area contributed by atoms with E-state index in [4.69, 9.17) is 0 Å². The van der Waals surface area contributed by atoms with E-state index in [2.05, 4.69) is 4.72 Å². The molecule has 0 unspecified atom stereocenters. The molecule has 7 heteroatoms. The summed E-state index contributed by atoms with van der Waals surface area (Å²) in [5, 5.41) is 9.25. The van der Waals surface area contributed by atoms with Crippen molar-refractivity contribution >= 4 is 16.0 Å². The van der Waals surface area contributed by atoms with Gasteiger partial charge in [0.25, 0.3) is 0 Å². The predicted octanol–water partition coefficient (Wildman–Crippen LogP) is 0.901. The molecule has 0 aromatic heterocycles. The van der Waals surface area contributed by atoms with Gasteiger partial charge in [-0.05, 0) is 32.4 Å². The predicted molar refractivity (Wildman–Crippen MR) is 78.4 cm³/mol. The van der Waals surface area contributed by atoms with Gasteiger partial charge in [0.15, 0.2) is 0 Å². The van der Waals surface area contributed by atoms with Crippen molar-refractivity contribution in [1.82, 2.24) is 9.62 Å². The SMILES string of the molecule is CC(C)N1C[C@H](NS(=O)(=O)c2ccccc2)C[C@H]1C(=O)O. The number of carboxylic acids is 1. The van der Waals surface area contributed by atoms with Crippen molar-refractivity contribution in [3.63, 3.8) is 0 Å². The van der Waals surface area contributed by atoms with Gasteiger partial charge in [0, 0.05) is 18.6 Å². The van der Waals surface area contributed by atoms with Crippen molar-refractivity contribution in [3.05, 3.63) is 30.3 Å². The van der Waals surface area contributed by atoms with Crippen LogP contribution in [0.4, 0.5) is 0 Å². The zero-order chi connectivity index (χ0) is 15.6. The number of sulfonamides is 1. The second kappa shape index (κ2) is 6.13. The molecule has 0 bridgehead atoms. The van der Waals surface area contributed by atoms with Crippen molar-refractivity contribution in [1.29, 1.82) is 0 Å². The Hall–Kier alpha value is -1.44. The van der Waals surface area contributed by atoms with Gasteiger partial charge >= 0.3 is 5.97 Å². The van der Waals surface area contributed by atoms with E-state index in [1.165, 1.54) is 12.1 Å². The molecule has 21 heavy (non-hydrogen) atoms. The van der Waals surface area contributed by atoms with Crippen LogP contribution in [0.5, 0.6) is 0 Å². The second-order valence-electron chi connectivity index (χ2n) is 5.51. The normalized spacial score (nSPS) is 23.6. The maximum atomic E-state index is 12.3. The summed E-state index contributed by atoms with van der Waals surface area (Å²) in [5.74, 6) is -0.912. The molecule has 0 saturated carbocycles. The third-order valence-electron chi connectivity index (χ3n) is 3.66. The van der Waals surface area contributed by atoms with Crippen LogP contribution in [-0.2, 0) is 14.8 Å². The first-order valence-electron chi connectivity index (χ1n) is 6.87. The molecule has 2 atom stereocenters. The minimum absolute atomic E-state index is 0.0531. The molecule has 1 aromatic rings. The average Bonchev–Trinajstić information content (AvgIpc) is 2.83. The van der Waals surface area contributed by atoms with Crippen LogP contribution >= 0.6 is 0 Å². The lowest BCUT2D eigenvalue weighted by atomic mass is 10.2. The summed E-state index contributed by atoms with van der Waals surface area (Å²) in [6.45, 7) is 4.22. The molecule has 6 nitrogen and oxygen atoms in total. The molecule has 2 rings (SSSR count). The highest BCUT2D eigenvalue weighted by Crippen LogP contribution is 2.22.